The second-order valence-corrected chi connectivity index (χ2v) is 8.23. The molecule has 0 spiro atoms. The number of ether oxygens (including phenoxy) is 1. The van der Waals surface area contributed by atoms with Crippen LogP contribution < -0.4 is 9.64 Å². The van der Waals surface area contributed by atoms with Crippen molar-refractivity contribution in [1.29, 1.82) is 0 Å². The van der Waals surface area contributed by atoms with E-state index in [2.05, 4.69) is 16.9 Å². The third-order valence-electron chi connectivity index (χ3n) is 6.14. The van der Waals surface area contributed by atoms with E-state index in [0.717, 1.165) is 25.1 Å². The fourth-order valence-corrected chi connectivity index (χ4v) is 4.37. The summed E-state index contributed by atoms with van der Waals surface area (Å²) >= 11 is 0. The zero-order valence-electron chi connectivity index (χ0n) is 17.2. The van der Waals surface area contributed by atoms with Gasteiger partial charge in [-0.15, -0.1) is 0 Å². The minimum absolute atomic E-state index is 0.00707. The van der Waals surface area contributed by atoms with Crippen molar-refractivity contribution in [2.24, 2.45) is 10.9 Å². The Kier molecular flexibility index (Phi) is 4.56. The number of likely N-dealkylation sites (tertiary alicyclic amines) is 1. The lowest BCUT2D eigenvalue weighted by molar-refractivity contribution is -0.129. The molecule has 1 aromatic rings. The van der Waals surface area contributed by atoms with E-state index in [1.54, 1.807) is 23.4 Å². The highest BCUT2D eigenvalue weighted by Gasteiger charge is 2.32. The van der Waals surface area contributed by atoms with Gasteiger partial charge in [-0.1, -0.05) is 6.92 Å². The van der Waals surface area contributed by atoms with E-state index in [0.29, 0.717) is 42.7 Å². The Morgan fingerprint density at radius 2 is 2.13 bits per heavy atom. The maximum Gasteiger partial charge on any atom is 0.255 e. The van der Waals surface area contributed by atoms with Crippen LogP contribution >= 0.6 is 0 Å². The maximum absolute atomic E-state index is 12.9. The van der Waals surface area contributed by atoms with Crippen LogP contribution in [0.1, 0.15) is 37.0 Å². The minimum Gasteiger partial charge on any atom is -0.488 e. The lowest BCUT2D eigenvalue weighted by atomic mass is 10.1. The molecule has 0 radical (unpaired) electrons. The lowest BCUT2D eigenvalue weighted by Crippen LogP contribution is -2.43. The topological polar surface area (TPSA) is 78.3 Å². The Morgan fingerprint density at radius 1 is 1.27 bits per heavy atom. The Bertz CT molecular complexity index is 998. The number of amidine groups is 1. The molecule has 4 aliphatic rings. The number of rotatable bonds is 2. The Morgan fingerprint density at radius 3 is 2.93 bits per heavy atom. The van der Waals surface area contributed by atoms with Crippen molar-refractivity contribution in [3.05, 3.63) is 41.9 Å². The van der Waals surface area contributed by atoms with Gasteiger partial charge in [-0.05, 0) is 31.9 Å². The standard InChI is InChI=1S/C22H25N5O3/c1-14-12-23-19-11-17(5-7-27(19)21(14)28)26-8-9-30-18-10-16(13-24-20(18)26)22(29)25-6-3-4-15(25)2/h5,7,10-11,13-15H,3-4,6,8-9,12H2,1-2H3/t14?,15-/m0/s1. The van der Waals surface area contributed by atoms with Crippen LogP contribution in [0.4, 0.5) is 5.82 Å². The molecule has 8 nitrogen and oxygen atoms in total. The van der Waals surface area contributed by atoms with Crippen LogP contribution in [0.25, 0.3) is 0 Å². The minimum atomic E-state index is -0.103. The van der Waals surface area contributed by atoms with Crippen LogP contribution in [-0.4, -0.2) is 64.7 Å². The molecule has 5 heterocycles. The molecule has 2 amide bonds. The van der Waals surface area contributed by atoms with Gasteiger partial charge in [0.1, 0.15) is 12.4 Å². The van der Waals surface area contributed by atoms with E-state index in [1.807, 2.05) is 28.9 Å². The van der Waals surface area contributed by atoms with Gasteiger partial charge in [-0.2, -0.15) is 0 Å². The predicted octanol–water partition coefficient (Wildman–Crippen LogP) is 2.19. The summed E-state index contributed by atoms with van der Waals surface area (Å²) in [7, 11) is 0. The first kappa shape index (κ1) is 18.8. The lowest BCUT2D eigenvalue weighted by Gasteiger charge is -2.34. The number of pyridine rings is 1. The van der Waals surface area contributed by atoms with E-state index >= 15 is 0 Å². The summed E-state index contributed by atoms with van der Waals surface area (Å²) in [5, 5.41) is 0. The fourth-order valence-electron chi connectivity index (χ4n) is 4.37. The second-order valence-electron chi connectivity index (χ2n) is 8.23. The zero-order valence-corrected chi connectivity index (χ0v) is 17.2. The van der Waals surface area contributed by atoms with Crippen LogP contribution in [-0.2, 0) is 4.79 Å². The fraction of sp³-hybridized carbons (Fsp3) is 0.455. The molecule has 4 aliphatic heterocycles. The van der Waals surface area contributed by atoms with Gasteiger partial charge in [0.05, 0.1) is 24.6 Å². The number of amides is 2. The Balaban J connectivity index is 1.43. The molecule has 1 unspecified atom stereocenters. The predicted molar refractivity (Wildman–Crippen MR) is 112 cm³/mol. The first-order valence-electron chi connectivity index (χ1n) is 10.5. The summed E-state index contributed by atoms with van der Waals surface area (Å²) in [6, 6.07) is 2.05. The number of fused-ring (bicyclic) bond motifs is 2. The third kappa shape index (κ3) is 3.07. The molecule has 1 aromatic heterocycles. The summed E-state index contributed by atoms with van der Waals surface area (Å²) in [5.41, 5.74) is 1.46. The molecular formula is C22H25N5O3. The van der Waals surface area contributed by atoms with Crippen molar-refractivity contribution in [1.82, 2.24) is 14.8 Å². The van der Waals surface area contributed by atoms with Gasteiger partial charge < -0.3 is 14.5 Å². The van der Waals surface area contributed by atoms with Gasteiger partial charge in [-0.3, -0.25) is 19.5 Å². The number of allylic oxidation sites excluding steroid dienone is 1. The summed E-state index contributed by atoms with van der Waals surface area (Å²) in [4.78, 5) is 39.9. The van der Waals surface area contributed by atoms with Crippen molar-refractivity contribution in [2.75, 3.05) is 31.1 Å². The monoisotopic (exact) mass is 407 g/mol. The number of hydrogen-bond donors (Lipinski definition) is 0. The highest BCUT2D eigenvalue weighted by molar-refractivity contribution is 6.09. The quantitative estimate of drug-likeness (QED) is 0.751. The molecule has 0 aliphatic carbocycles. The maximum atomic E-state index is 12.9. The second kappa shape index (κ2) is 7.27. The smallest absolute Gasteiger partial charge is 0.255 e. The van der Waals surface area contributed by atoms with Crippen LogP contribution in [0.15, 0.2) is 41.3 Å². The summed E-state index contributed by atoms with van der Waals surface area (Å²) in [6.45, 7) is 6.38. The van der Waals surface area contributed by atoms with Crippen molar-refractivity contribution >= 4 is 23.5 Å². The van der Waals surface area contributed by atoms with Crippen molar-refractivity contribution in [3.63, 3.8) is 0 Å². The highest BCUT2D eigenvalue weighted by atomic mass is 16.5. The number of carbonyl (C=O) groups excluding carboxylic acids is 2. The number of nitrogens with zero attached hydrogens (tertiary/aromatic N) is 5. The number of aromatic nitrogens is 1. The molecule has 5 rings (SSSR count). The van der Waals surface area contributed by atoms with Crippen LogP contribution in [0, 0.1) is 5.92 Å². The molecule has 0 aromatic carbocycles. The molecule has 156 valence electrons. The molecule has 0 saturated carbocycles. The van der Waals surface area contributed by atoms with Crippen LogP contribution in [0.5, 0.6) is 5.75 Å². The van der Waals surface area contributed by atoms with Gasteiger partial charge in [0.2, 0.25) is 5.91 Å². The van der Waals surface area contributed by atoms with E-state index in [1.165, 1.54) is 0 Å². The van der Waals surface area contributed by atoms with Gasteiger partial charge >= 0.3 is 0 Å². The molecule has 1 saturated heterocycles. The molecule has 8 heteroatoms. The van der Waals surface area contributed by atoms with Gasteiger partial charge in [0, 0.05) is 36.8 Å². The summed E-state index contributed by atoms with van der Waals surface area (Å²) < 4.78 is 5.84. The molecular weight excluding hydrogens is 382 g/mol. The summed E-state index contributed by atoms with van der Waals surface area (Å²) in [5.74, 6) is 1.89. The van der Waals surface area contributed by atoms with Crippen LogP contribution in [0.3, 0.4) is 0 Å². The molecule has 0 N–H and O–H groups in total. The number of anilines is 1. The first-order chi connectivity index (χ1) is 14.5. The van der Waals surface area contributed by atoms with E-state index in [-0.39, 0.29) is 23.8 Å². The number of carbonyl (C=O) groups is 2. The van der Waals surface area contributed by atoms with E-state index < -0.39 is 0 Å². The van der Waals surface area contributed by atoms with Crippen molar-refractivity contribution in [3.8, 4) is 5.75 Å². The van der Waals surface area contributed by atoms with Crippen LogP contribution in [0.2, 0.25) is 0 Å². The molecule has 0 bridgehead atoms. The average Bonchev–Trinajstić information content (AvgIpc) is 3.20. The number of aliphatic imine (C=N–C) groups is 1. The Labute approximate surface area is 175 Å². The average molecular weight is 407 g/mol. The van der Waals surface area contributed by atoms with Gasteiger partial charge in [-0.25, -0.2) is 4.98 Å². The van der Waals surface area contributed by atoms with E-state index in [9.17, 15) is 9.59 Å². The summed E-state index contributed by atoms with van der Waals surface area (Å²) in [6.07, 6.45) is 9.29. The van der Waals surface area contributed by atoms with Crippen molar-refractivity contribution < 1.29 is 14.3 Å². The first-order valence-corrected chi connectivity index (χ1v) is 10.5. The SMILES string of the molecule is CC1CN=C2C=C(N3CCOc4cc(C(=O)N5CCC[C@@H]5C)cnc43)C=CN2C1=O. The molecule has 1 fully saturated rings. The largest absolute Gasteiger partial charge is 0.488 e. The van der Waals surface area contributed by atoms with Crippen molar-refractivity contribution in [2.45, 2.75) is 32.7 Å². The van der Waals surface area contributed by atoms with Gasteiger partial charge in [0.25, 0.3) is 5.91 Å². The molecule has 30 heavy (non-hydrogen) atoms. The van der Waals surface area contributed by atoms with Gasteiger partial charge in [0.15, 0.2) is 11.6 Å². The normalized spacial score (nSPS) is 25.4. The number of hydrogen-bond acceptors (Lipinski definition) is 6. The van der Waals surface area contributed by atoms with E-state index in [4.69, 9.17) is 4.74 Å². The molecule has 2 atom stereocenters. The third-order valence-corrected chi connectivity index (χ3v) is 6.14. The zero-order chi connectivity index (χ0) is 20.8. The Hall–Kier alpha value is -3.16. The highest BCUT2D eigenvalue weighted by Crippen LogP contribution is 2.34.